The van der Waals surface area contributed by atoms with E-state index >= 15 is 0 Å². The molecule has 0 saturated carbocycles. The molecule has 3 nitrogen and oxygen atoms in total. The second kappa shape index (κ2) is 8.92. The molecule has 0 aliphatic heterocycles. The van der Waals surface area contributed by atoms with E-state index in [2.05, 4.69) is 0 Å². The maximum atomic E-state index is 10.6. The van der Waals surface area contributed by atoms with E-state index in [0.717, 1.165) is 12.2 Å². The van der Waals surface area contributed by atoms with Crippen molar-refractivity contribution >= 4 is 5.78 Å². The molecule has 0 aliphatic rings. The number of Topliss-reactive ketones (excluding diaryl/α,β-unsaturated/α-hetero) is 1. The largest absolute Gasteiger partial charge is 0.486 e. The SMILES string of the molecule is CC.CC(=O)COc1ccc(CCN)cc1. The van der Waals surface area contributed by atoms with Crippen LogP contribution in [0.1, 0.15) is 26.3 Å². The highest BCUT2D eigenvalue weighted by Crippen LogP contribution is 2.12. The molecule has 0 unspecified atom stereocenters. The molecule has 1 aromatic carbocycles. The Morgan fingerprint density at radius 1 is 1.25 bits per heavy atom. The van der Waals surface area contributed by atoms with Crippen molar-refractivity contribution in [1.82, 2.24) is 0 Å². The van der Waals surface area contributed by atoms with Gasteiger partial charge in [-0.1, -0.05) is 26.0 Å². The Balaban J connectivity index is 0.00000106. The van der Waals surface area contributed by atoms with Crippen molar-refractivity contribution in [3.05, 3.63) is 29.8 Å². The highest BCUT2D eigenvalue weighted by molar-refractivity contribution is 5.77. The number of rotatable bonds is 5. The van der Waals surface area contributed by atoms with Crippen LogP contribution < -0.4 is 10.5 Å². The van der Waals surface area contributed by atoms with Crippen LogP contribution in [-0.2, 0) is 11.2 Å². The Bertz CT molecular complexity index is 293. The first-order chi connectivity index (χ1) is 7.72. The molecule has 0 aliphatic carbocycles. The lowest BCUT2D eigenvalue weighted by atomic mass is 10.1. The molecule has 0 fully saturated rings. The van der Waals surface area contributed by atoms with Gasteiger partial charge in [0.2, 0.25) is 0 Å². The molecule has 0 saturated heterocycles. The maximum absolute atomic E-state index is 10.6. The van der Waals surface area contributed by atoms with Gasteiger partial charge in [0.1, 0.15) is 12.4 Å². The molecule has 2 N–H and O–H groups in total. The van der Waals surface area contributed by atoms with Crippen LogP contribution in [0.4, 0.5) is 0 Å². The van der Waals surface area contributed by atoms with E-state index in [0.29, 0.717) is 6.54 Å². The lowest BCUT2D eigenvalue weighted by Crippen LogP contribution is -2.06. The van der Waals surface area contributed by atoms with Gasteiger partial charge in [-0.2, -0.15) is 0 Å². The molecule has 0 heterocycles. The van der Waals surface area contributed by atoms with Crippen LogP contribution in [0.25, 0.3) is 0 Å². The number of ketones is 1. The normalized spacial score (nSPS) is 9.00. The molecule has 16 heavy (non-hydrogen) atoms. The number of carbonyl (C=O) groups is 1. The van der Waals surface area contributed by atoms with Gasteiger partial charge in [-0.05, 0) is 37.6 Å². The number of carbonyl (C=O) groups excluding carboxylic acids is 1. The van der Waals surface area contributed by atoms with Crippen molar-refractivity contribution in [1.29, 1.82) is 0 Å². The third-order valence-electron chi connectivity index (χ3n) is 1.80. The Morgan fingerprint density at radius 2 is 1.81 bits per heavy atom. The maximum Gasteiger partial charge on any atom is 0.167 e. The number of nitrogens with two attached hydrogens (primary N) is 1. The number of hydrogen-bond donors (Lipinski definition) is 1. The monoisotopic (exact) mass is 223 g/mol. The minimum absolute atomic E-state index is 0.0241. The molecule has 0 spiro atoms. The Morgan fingerprint density at radius 3 is 2.25 bits per heavy atom. The van der Waals surface area contributed by atoms with Crippen LogP contribution in [0.15, 0.2) is 24.3 Å². The third-order valence-corrected chi connectivity index (χ3v) is 1.80. The van der Waals surface area contributed by atoms with Crippen LogP contribution in [0.5, 0.6) is 5.75 Å². The zero-order chi connectivity index (χ0) is 12.4. The van der Waals surface area contributed by atoms with E-state index in [-0.39, 0.29) is 12.4 Å². The Kier molecular flexibility index (Phi) is 8.17. The first-order valence-electron chi connectivity index (χ1n) is 5.63. The number of ether oxygens (including phenoxy) is 1. The topological polar surface area (TPSA) is 52.3 Å². The van der Waals surface area contributed by atoms with Crippen molar-refractivity contribution in [2.45, 2.75) is 27.2 Å². The fourth-order valence-electron chi connectivity index (χ4n) is 1.10. The molecule has 1 rings (SSSR count). The molecule has 3 heteroatoms. The van der Waals surface area contributed by atoms with Crippen LogP contribution in [0, 0.1) is 0 Å². The highest BCUT2D eigenvalue weighted by atomic mass is 16.5. The van der Waals surface area contributed by atoms with Gasteiger partial charge in [0.05, 0.1) is 0 Å². The predicted octanol–water partition coefficient (Wildman–Crippen LogP) is 2.18. The summed E-state index contributed by atoms with van der Waals surface area (Å²) < 4.78 is 5.22. The quantitative estimate of drug-likeness (QED) is 0.832. The van der Waals surface area contributed by atoms with Gasteiger partial charge in [0.15, 0.2) is 5.78 Å². The molecule has 0 aromatic heterocycles. The summed E-state index contributed by atoms with van der Waals surface area (Å²) in [6, 6.07) is 7.63. The van der Waals surface area contributed by atoms with Crippen LogP contribution in [0.3, 0.4) is 0 Å². The van der Waals surface area contributed by atoms with Gasteiger partial charge >= 0.3 is 0 Å². The smallest absolute Gasteiger partial charge is 0.167 e. The van der Waals surface area contributed by atoms with Gasteiger partial charge in [-0.3, -0.25) is 4.79 Å². The Hall–Kier alpha value is -1.35. The summed E-state index contributed by atoms with van der Waals surface area (Å²) in [5.74, 6) is 0.747. The minimum atomic E-state index is 0.0241. The minimum Gasteiger partial charge on any atom is -0.486 e. The van der Waals surface area contributed by atoms with Crippen LogP contribution in [0.2, 0.25) is 0 Å². The van der Waals surface area contributed by atoms with Crippen molar-refractivity contribution in [2.75, 3.05) is 13.2 Å². The molecule has 0 atom stereocenters. The van der Waals surface area contributed by atoms with Gasteiger partial charge in [0.25, 0.3) is 0 Å². The lowest BCUT2D eigenvalue weighted by Gasteiger charge is -2.04. The zero-order valence-corrected chi connectivity index (χ0v) is 10.3. The van der Waals surface area contributed by atoms with Gasteiger partial charge < -0.3 is 10.5 Å². The molecule has 0 amide bonds. The summed E-state index contributed by atoms with van der Waals surface area (Å²) in [5.41, 5.74) is 6.60. The summed E-state index contributed by atoms with van der Waals surface area (Å²) in [5, 5.41) is 0. The summed E-state index contributed by atoms with van der Waals surface area (Å²) >= 11 is 0. The first-order valence-corrected chi connectivity index (χ1v) is 5.63. The lowest BCUT2D eigenvalue weighted by molar-refractivity contribution is -0.118. The standard InChI is InChI=1S/C11H15NO2.C2H6/c1-9(13)8-14-11-4-2-10(3-5-11)6-7-12;1-2/h2-5H,6-8,12H2,1H3;1-2H3. The number of hydrogen-bond acceptors (Lipinski definition) is 3. The van der Waals surface area contributed by atoms with E-state index in [1.807, 2.05) is 38.1 Å². The van der Waals surface area contributed by atoms with E-state index < -0.39 is 0 Å². The molecule has 1 aromatic rings. The fourth-order valence-corrected chi connectivity index (χ4v) is 1.10. The molecular weight excluding hydrogens is 202 g/mol. The van der Waals surface area contributed by atoms with E-state index in [4.69, 9.17) is 10.5 Å². The van der Waals surface area contributed by atoms with Crippen LogP contribution >= 0.6 is 0 Å². The summed E-state index contributed by atoms with van der Waals surface area (Å²) in [6.45, 7) is 6.28. The fraction of sp³-hybridized carbons (Fsp3) is 0.462. The molecule has 0 radical (unpaired) electrons. The van der Waals surface area contributed by atoms with Crippen molar-refractivity contribution < 1.29 is 9.53 Å². The summed E-state index contributed by atoms with van der Waals surface area (Å²) in [6.07, 6.45) is 0.868. The van der Waals surface area contributed by atoms with E-state index in [9.17, 15) is 4.79 Å². The molecule has 0 bridgehead atoms. The predicted molar refractivity (Wildman–Crippen MR) is 66.7 cm³/mol. The molecule has 90 valence electrons. The van der Waals surface area contributed by atoms with Crippen molar-refractivity contribution in [2.24, 2.45) is 5.73 Å². The van der Waals surface area contributed by atoms with Crippen molar-refractivity contribution in [3.8, 4) is 5.75 Å². The second-order valence-electron chi connectivity index (χ2n) is 3.17. The second-order valence-corrected chi connectivity index (χ2v) is 3.17. The zero-order valence-electron chi connectivity index (χ0n) is 10.3. The van der Waals surface area contributed by atoms with E-state index in [1.165, 1.54) is 12.5 Å². The van der Waals surface area contributed by atoms with Crippen molar-refractivity contribution in [3.63, 3.8) is 0 Å². The summed E-state index contributed by atoms with van der Waals surface area (Å²) in [4.78, 5) is 10.6. The van der Waals surface area contributed by atoms with Gasteiger partial charge in [0, 0.05) is 0 Å². The average molecular weight is 223 g/mol. The van der Waals surface area contributed by atoms with Gasteiger partial charge in [-0.25, -0.2) is 0 Å². The van der Waals surface area contributed by atoms with E-state index in [1.54, 1.807) is 0 Å². The number of benzene rings is 1. The third kappa shape index (κ3) is 6.19. The first kappa shape index (κ1) is 14.6. The highest BCUT2D eigenvalue weighted by Gasteiger charge is 1.96. The summed E-state index contributed by atoms with van der Waals surface area (Å²) in [7, 11) is 0. The van der Waals surface area contributed by atoms with Crippen LogP contribution in [-0.4, -0.2) is 18.9 Å². The average Bonchev–Trinajstić information content (AvgIpc) is 2.31. The molecular formula is C13H21NO2. The van der Waals surface area contributed by atoms with Gasteiger partial charge in [-0.15, -0.1) is 0 Å². The Labute approximate surface area is 97.6 Å².